The number of aryl methyl sites for hydroxylation is 1. The summed E-state index contributed by atoms with van der Waals surface area (Å²) in [5, 5.41) is 2.80. The first-order valence-corrected chi connectivity index (χ1v) is 6.68. The summed E-state index contributed by atoms with van der Waals surface area (Å²) in [5.41, 5.74) is 0. The summed E-state index contributed by atoms with van der Waals surface area (Å²) in [5.74, 6) is 1.96. The van der Waals surface area contributed by atoms with E-state index in [0.717, 1.165) is 18.8 Å². The van der Waals surface area contributed by atoms with Crippen LogP contribution >= 0.6 is 0 Å². The van der Waals surface area contributed by atoms with E-state index in [2.05, 4.69) is 19.2 Å². The van der Waals surface area contributed by atoms with E-state index in [-0.39, 0.29) is 5.91 Å². The molecule has 0 radical (unpaired) electrons. The quantitative estimate of drug-likeness (QED) is 0.581. The fraction of sp³-hybridized carbons (Fsp3) is 0.533. The number of hydrogen-bond acceptors (Lipinski definition) is 3. The SMILES string of the molecule is Cc1ccc(/C=C/C(=O)NCCCOCC(C)C)o1. The minimum absolute atomic E-state index is 0.113. The molecule has 1 aromatic heterocycles. The molecule has 106 valence electrons. The van der Waals surface area contributed by atoms with Crippen molar-refractivity contribution in [2.75, 3.05) is 19.8 Å². The number of amides is 1. The maximum absolute atomic E-state index is 11.5. The first-order chi connectivity index (χ1) is 9.08. The molecule has 0 spiro atoms. The maximum atomic E-state index is 11.5. The highest BCUT2D eigenvalue weighted by Crippen LogP contribution is 2.07. The summed E-state index contributed by atoms with van der Waals surface area (Å²) in [4.78, 5) is 11.5. The van der Waals surface area contributed by atoms with E-state index in [1.165, 1.54) is 6.08 Å². The fourth-order valence-corrected chi connectivity index (χ4v) is 1.46. The average Bonchev–Trinajstić information content (AvgIpc) is 2.76. The van der Waals surface area contributed by atoms with Gasteiger partial charge in [-0.2, -0.15) is 0 Å². The Kier molecular flexibility index (Phi) is 6.97. The van der Waals surface area contributed by atoms with Crippen LogP contribution in [-0.2, 0) is 9.53 Å². The number of rotatable bonds is 8. The summed E-state index contributed by atoms with van der Waals surface area (Å²) < 4.78 is 10.8. The van der Waals surface area contributed by atoms with Crippen LogP contribution < -0.4 is 5.32 Å². The van der Waals surface area contributed by atoms with E-state index >= 15 is 0 Å². The zero-order valence-corrected chi connectivity index (χ0v) is 11.9. The normalized spacial score (nSPS) is 11.4. The smallest absolute Gasteiger partial charge is 0.244 e. The molecule has 1 amide bonds. The predicted molar refractivity (Wildman–Crippen MR) is 75.8 cm³/mol. The van der Waals surface area contributed by atoms with E-state index in [0.29, 0.717) is 24.8 Å². The number of hydrogen-bond donors (Lipinski definition) is 1. The third kappa shape index (κ3) is 7.47. The van der Waals surface area contributed by atoms with Crippen molar-refractivity contribution in [1.29, 1.82) is 0 Å². The van der Waals surface area contributed by atoms with Crippen molar-refractivity contribution >= 4 is 12.0 Å². The number of ether oxygens (including phenoxy) is 1. The highest BCUT2D eigenvalue weighted by Gasteiger charge is 1.98. The molecule has 0 aliphatic rings. The van der Waals surface area contributed by atoms with Crippen LogP contribution in [0.5, 0.6) is 0 Å². The number of nitrogens with one attached hydrogen (secondary N) is 1. The number of furan rings is 1. The molecule has 19 heavy (non-hydrogen) atoms. The lowest BCUT2D eigenvalue weighted by molar-refractivity contribution is -0.116. The summed E-state index contributed by atoms with van der Waals surface area (Å²) in [6.07, 6.45) is 3.97. The van der Waals surface area contributed by atoms with Gasteiger partial charge in [0.05, 0.1) is 0 Å². The molecule has 1 rings (SSSR count). The minimum Gasteiger partial charge on any atom is -0.462 e. The van der Waals surface area contributed by atoms with Crippen molar-refractivity contribution in [2.45, 2.75) is 27.2 Å². The molecule has 0 aliphatic heterocycles. The van der Waals surface area contributed by atoms with Gasteiger partial charge in [-0.1, -0.05) is 13.8 Å². The van der Waals surface area contributed by atoms with Gasteiger partial charge in [0.2, 0.25) is 5.91 Å². The topological polar surface area (TPSA) is 51.5 Å². The number of carbonyl (C=O) groups is 1. The van der Waals surface area contributed by atoms with Crippen LogP contribution in [0.1, 0.15) is 31.8 Å². The van der Waals surface area contributed by atoms with E-state index < -0.39 is 0 Å². The molecule has 0 aliphatic carbocycles. The second-order valence-electron chi connectivity index (χ2n) is 4.90. The Morgan fingerprint density at radius 2 is 2.26 bits per heavy atom. The largest absolute Gasteiger partial charge is 0.462 e. The van der Waals surface area contributed by atoms with Crippen LogP contribution in [0.2, 0.25) is 0 Å². The highest BCUT2D eigenvalue weighted by molar-refractivity contribution is 5.91. The van der Waals surface area contributed by atoms with Crippen molar-refractivity contribution in [1.82, 2.24) is 5.32 Å². The molecule has 4 nitrogen and oxygen atoms in total. The molecule has 1 N–H and O–H groups in total. The molecular formula is C15H23NO3. The Labute approximate surface area is 114 Å². The Hall–Kier alpha value is -1.55. The van der Waals surface area contributed by atoms with E-state index in [4.69, 9.17) is 9.15 Å². The van der Waals surface area contributed by atoms with Gasteiger partial charge >= 0.3 is 0 Å². The van der Waals surface area contributed by atoms with Gasteiger partial charge in [0.15, 0.2) is 0 Å². The minimum atomic E-state index is -0.113. The van der Waals surface area contributed by atoms with Crippen molar-refractivity contribution in [3.05, 3.63) is 29.7 Å². The molecule has 0 aromatic carbocycles. The lowest BCUT2D eigenvalue weighted by Gasteiger charge is -2.06. The first kappa shape index (κ1) is 15.5. The lowest BCUT2D eigenvalue weighted by Crippen LogP contribution is -2.23. The van der Waals surface area contributed by atoms with Gasteiger partial charge in [-0.25, -0.2) is 0 Å². The zero-order chi connectivity index (χ0) is 14.1. The van der Waals surface area contributed by atoms with Crippen LogP contribution in [-0.4, -0.2) is 25.7 Å². The standard InChI is InChI=1S/C15H23NO3/c1-12(2)11-18-10-4-9-16-15(17)8-7-14-6-5-13(3)19-14/h5-8,12H,4,9-11H2,1-3H3,(H,16,17)/b8-7+. The molecule has 1 aromatic rings. The Balaban J connectivity index is 2.09. The second-order valence-corrected chi connectivity index (χ2v) is 4.90. The van der Waals surface area contributed by atoms with Gasteiger partial charge in [-0.3, -0.25) is 4.79 Å². The van der Waals surface area contributed by atoms with E-state index in [1.807, 2.05) is 19.1 Å². The maximum Gasteiger partial charge on any atom is 0.244 e. The molecule has 0 fully saturated rings. The molecule has 1 heterocycles. The van der Waals surface area contributed by atoms with Crippen LogP contribution in [0, 0.1) is 12.8 Å². The molecular weight excluding hydrogens is 242 g/mol. The summed E-state index contributed by atoms with van der Waals surface area (Å²) in [7, 11) is 0. The number of carbonyl (C=O) groups excluding carboxylic acids is 1. The van der Waals surface area contributed by atoms with Crippen molar-refractivity contribution < 1.29 is 13.9 Å². The van der Waals surface area contributed by atoms with E-state index in [9.17, 15) is 4.79 Å². The Bertz CT molecular complexity index is 407. The Morgan fingerprint density at radius 3 is 2.89 bits per heavy atom. The van der Waals surface area contributed by atoms with Gasteiger partial charge < -0.3 is 14.5 Å². The van der Waals surface area contributed by atoms with Gasteiger partial charge in [0.25, 0.3) is 0 Å². The summed E-state index contributed by atoms with van der Waals surface area (Å²) in [6, 6.07) is 3.70. The average molecular weight is 265 g/mol. The highest BCUT2D eigenvalue weighted by atomic mass is 16.5. The zero-order valence-electron chi connectivity index (χ0n) is 11.9. The van der Waals surface area contributed by atoms with Crippen molar-refractivity contribution in [3.8, 4) is 0 Å². The second kappa shape index (κ2) is 8.53. The Morgan fingerprint density at radius 1 is 1.47 bits per heavy atom. The lowest BCUT2D eigenvalue weighted by atomic mass is 10.2. The molecule has 0 saturated heterocycles. The molecule has 0 saturated carbocycles. The van der Waals surface area contributed by atoms with Gasteiger partial charge in [-0.05, 0) is 37.5 Å². The first-order valence-electron chi connectivity index (χ1n) is 6.68. The van der Waals surface area contributed by atoms with Gasteiger partial charge in [-0.15, -0.1) is 0 Å². The third-order valence-corrected chi connectivity index (χ3v) is 2.38. The van der Waals surface area contributed by atoms with Crippen LogP contribution in [0.4, 0.5) is 0 Å². The van der Waals surface area contributed by atoms with Crippen LogP contribution in [0.3, 0.4) is 0 Å². The van der Waals surface area contributed by atoms with Crippen LogP contribution in [0.25, 0.3) is 6.08 Å². The molecule has 0 bridgehead atoms. The van der Waals surface area contributed by atoms with Crippen molar-refractivity contribution in [2.24, 2.45) is 5.92 Å². The predicted octanol–water partition coefficient (Wildman–Crippen LogP) is 2.78. The molecule has 4 heteroatoms. The van der Waals surface area contributed by atoms with Gasteiger partial charge in [0.1, 0.15) is 11.5 Å². The van der Waals surface area contributed by atoms with Crippen molar-refractivity contribution in [3.63, 3.8) is 0 Å². The monoisotopic (exact) mass is 265 g/mol. The molecule has 0 unspecified atom stereocenters. The van der Waals surface area contributed by atoms with Gasteiger partial charge in [0, 0.05) is 25.8 Å². The molecule has 0 atom stereocenters. The summed E-state index contributed by atoms with van der Waals surface area (Å²) >= 11 is 0. The third-order valence-electron chi connectivity index (χ3n) is 2.38. The van der Waals surface area contributed by atoms with E-state index in [1.54, 1.807) is 6.08 Å². The summed E-state index contributed by atoms with van der Waals surface area (Å²) in [6.45, 7) is 8.17. The van der Waals surface area contributed by atoms with Crippen LogP contribution in [0.15, 0.2) is 22.6 Å². The fourth-order valence-electron chi connectivity index (χ4n) is 1.46.